The van der Waals surface area contributed by atoms with Crippen LogP contribution in [0.2, 0.25) is 0 Å². The van der Waals surface area contributed by atoms with Crippen LogP contribution in [-0.2, 0) is 4.79 Å². The maximum Gasteiger partial charge on any atom is 0.255 e. The van der Waals surface area contributed by atoms with Gasteiger partial charge in [0.15, 0.2) is 0 Å². The molecule has 2 unspecified atom stereocenters. The fourth-order valence-corrected chi connectivity index (χ4v) is 4.03. The zero-order chi connectivity index (χ0) is 22.9. The van der Waals surface area contributed by atoms with Gasteiger partial charge in [0.1, 0.15) is 11.9 Å². The van der Waals surface area contributed by atoms with E-state index in [1.807, 2.05) is 38.1 Å². The van der Waals surface area contributed by atoms with Gasteiger partial charge < -0.3 is 19.7 Å². The summed E-state index contributed by atoms with van der Waals surface area (Å²) in [7, 11) is 0. The Morgan fingerprint density at radius 1 is 1.34 bits per heavy atom. The maximum absolute atomic E-state index is 13.0. The van der Waals surface area contributed by atoms with Crippen molar-refractivity contribution in [3.05, 3.63) is 47.7 Å². The molecule has 2 heterocycles. The first-order valence-electron chi connectivity index (χ1n) is 11.0. The topological polar surface area (TPSA) is 63.7 Å². The normalized spacial score (nSPS) is 22.3. The third-order valence-corrected chi connectivity index (χ3v) is 6.03. The summed E-state index contributed by atoms with van der Waals surface area (Å²) in [5.74, 6) is -2.15. The Morgan fingerprint density at radius 2 is 2.06 bits per heavy atom. The number of pyridine rings is 1. The highest BCUT2D eigenvalue weighted by Crippen LogP contribution is 2.48. The minimum absolute atomic E-state index is 0.000791. The predicted octanol–water partition coefficient (Wildman–Crippen LogP) is 4.28. The van der Waals surface area contributed by atoms with Crippen LogP contribution in [0.4, 0.5) is 14.5 Å². The van der Waals surface area contributed by atoms with E-state index in [4.69, 9.17) is 9.47 Å². The molecule has 1 saturated heterocycles. The van der Waals surface area contributed by atoms with Crippen LogP contribution in [0.3, 0.4) is 0 Å². The molecule has 172 valence electrons. The van der Waals surface area contributed by atoms with Gasteiger partial charge in [-0.2, -0.15) is 0 Å². The fraction of sp³-hybridized carbons (Fsp3) is 0.500. The van der Waals surface area contributed by atoms with Gasteiger partial charge in [-0.05, 0) is 37.1 Å². The molecular formula is C24H29F2N3O3. The molecule has 2 aromatic rings. The molecule has 1 saturated carbocycles. The van der Waals surface area contributed by atoms with Crippen molar-refractivity contribution in [2.45, 2.75) is 51.7 Å². The highest BCUT2D eigenvalue weighted by Gasteiger charge is 2.57. The van der Waals surface area contributed by atoms with Crippen molar-refractivity contribution in [3.8, 4) is 11.6 Å². The van der Waals surface area contributed by atoms with E-state index in [9.17, 15) is 13.6 Å². The van der Waals surface area contributed by atoms with Crippen molar-refractivity contribution in [2.24, 2.45) is 5.92 Å². The number of anilines is 1. The molecule has 0 radical (unpaired) electrons. The number of ether oxygens (including phenoxy) is 2. The minimum atomic E-state index is -2.58. The Labute approximate surface area is 186 Å². The molecule has 6 nitrogen and oxygen atoms in total. The monoisotopic (exact) mass is 445 g/mol. The molecule has 3 atom stereocenters. The standard InChI is InChI=1S/C24H29F2N3O3/c1-15-10-23(31-14-19-11-24(19,25)26)27-12-22(15)29-9-8-21(13-29)32-20-6-4-18(5-7-20)16(2)28-17(3)30/h4-7,10,12,16,19,21H,8-9,11,13-14H2,1-3H3,(H,28,30)/t16-,19?,21?/m0/s1. The van der Waals surface area contributed by atoms with Crippen molar-refractivity contribution in [1.82, 2.24) is 10.3 Å². The van der Waals surface area contributed by atoms with Crippen molar-refractivity contribution in [1.29, 1.82) is 0 Å². The Kier molecular flexibility index (Phi) is 6.22. The highest BCUT2D eigenvalue weighted by atomic mass is 19.3. The van der Waals surface area contributed by atoms with Gasteiger partial charge in [0.05, 0.1) is 37.0 Å². The molecule has 1 aromatic heterocycles. The van der Waals surface area contributed by atoms with E-state index in [2.05, 4.69) is 15.2 Å². The zero-order valence-corrected chi connectivity index (χ0v) is 18.6. The molecule has 8 heteroatoms. The van der Waals surface area contributed by atoms with Crippen LogP contribution in [0, 0.1) is 12.8 Å². The summed E-state index contributed by atoms with van der Waals surface area (Å²) < 4.78 is 37.6. The van der Waals surface area contributed by atoms with Gasteiger partial charge >= 0.3 is 0 Å². The number of hydrogen-bond donors (Lipinski definition) is 1. The third kappa shape index (κ3) is 5.29. The van der Waals surface area contributed by atoms with Crippen LogP contribution < -0.4 is 19.7 Å². The molecule has 1 aliphatic heterocycles. The lowest BCUT2D eigenvalue weighted by molar-refractivity contribution is -0.119. The first-order chi connectivity index (χ1) is 15.2. The lowest BCUT2D eigenvalue weighted by atomic mass is 10.1. The summed E-state index contributed by atoms with van der Waals surface area (Å²) >= 11 is 0. The van der Waals surface area contributed by atoms with Crippen LogP contribution in [-0.4, -0.2) is 42.6 Å². The molecule has 0 bridgehead atoms. The van der Waals surface area contributed by atoms with Gasteiger partial charge in [-0.3, -0.25) is 4.79 Å². The first-order valence-corrected chi connectivity index (χ1v) is 11.0. The Morgan fingerprint density at radius 3 is 2.69 bits per heavy atom. The van der Waals surface area contributed by atoms with E-state index < -0.39 is 11.8 Å². The number of aryl methyl sites for hydroxylation is 1. The molecular weight excluding hydrogens is 416 g/mol. The number of benzene rings is 1. The van der Waals surface area contributed by atoms with Crippen LogP contribution >= 0.6 is 0 Å². The lowest BCUT2D eigenvalue weighted by Gasteiger charge is -2.21. The van der Waals surface area contributed by atoms with Crippen molar-refractivity contribution >= 4 is 11.6 Å². The van der Waals surface area contributed by atoms with E-state index in [-0.39, 0.29) is 31.1 Å². The third-order valence-electron chi connectivity index (χ3n) is 6.03. The molecule has 1 amide bonds. The summed E-state index contributed by atoms with van der Waals surface area (Å²) in [6.45, 7) is 7.01. The van der Waals surface area contributed by atoms with E-state index in [1.165, 1.54) is 6.92 Å². The number of amides is 1. The smallest absolute Gasteiger partial charge is 0.255 e. The fourth-order valence-electron chi connectivity index (χ4n) is 4.03. The van der Waals surface area contributed by atoms with E-state index >= 15 is 0 Å². The SMILES string of the molecule is CC(=O)N[C@@H](C)c1ccc(OC2CCN(c3cnc(OCC4CC4(F)F)cc3C)C2)cc1. The van der Waals surface area contributed by atoms with Crippen LogP contribution in [0.5, 0.6) is 11.6 Å². The number of alkyl halides is 2. The van der Waals surface area contributed by atoms with E-state index in [1.54, 1.807) is 12.3 Å². The summed E-state index contributed by atoms with van der Waals surface area (Å²) in [6, 6.07) is 9.54. The molecule has 1 N–H and O–H groups in total. The number of aromatic nitrogens is 1. The average Bonchev–Trinajstić information content (AvgIpc) is 3.11. The summed E-state index contributed by atoms with van der Waals surface area (Å²) in [6.07, 6.45) is 2.59. The van der Waals surface area contributed by atoms with E-state index in [0.29, 0.717) is 5.88 Å². The van der Waals surface area contributed by atoms with Crippen molar-refractivity contribution < 1.29 is 23.0 Å². The molecule has 2 aliphatic rings. The minimum Gasteiger partial charge on any atom is -0.489 e. The molecule has 4 rings (SSSR count). The second-order valence-corrected chi connectivity index (χ2v) is 8.75. The Hall–Kier alpha value is -2.90. The Bertz CT molecular complexity index is 967. The number of halogens is 2. The highest BCUT2D eigenvalue weighted by molar-refractivity contribution is 5.73. The van der Waals surface area contributed by atoms with Gasteiger partial charge in [-0.15, -0.1) is 0 Å². The molecule has 1 aromatic carbocycles. The lowest BCUT2D eigenvalue weighted by Crippen LogP contribution is -2.25. The largest absolute Gasteiger partial charge is 0.489 e. The summed E-state index contributed by atoms with van der Waals surface area (Å²) in [4.78, 5) is 17.7. The van der Waals surface area contributed by atoms with Gasteiger partial charge in [0.25, 0.3) is 5.92 Å². The second-order valence-electron chi connectivity index (χ2n) is 8.75. The molecule has 32 heavy (non-hydrogen) atoms. The van der Waals surface area contributed by atoms with Gasteiger partial charge in [0.2, 0.25) is 11.8 Å². The van der Waals surface area contributed by atoms with Crippen molar-refractivity contribution in [2.75, 3.05) is 24.6 Å². The predicted molar refractivity (Wildman–Crippen MR) is 117 cm³/mol. The van der Waals surface area contributed by atoms with Gasteiger partial charge in [-0.1, -0.05) is 12.1 Å². The quantitative estimate of drug-likeness (QED) is 0.657. The molecule has 0 spiro atoms. The van der Waals surface area contributed by atoms with E-state index in [0.717, 1.165) is 42.1 Å². The number of carbonyl (C=O) groups is 1. The van der Waals surface area contributed by atoms with Crippen LogP contribution in [0.25, 0.3) is 0 Å². The summed E-state index contributed by atoms with van der Waals surface area (Å²) in [5.41, 5.74) is 3.02. The number of rotatable bonds is 8. The Balaban J connectivity index is 1.30. The number of nitrogens with zero attached hydrogens (tertiary/aromatic N) is 2. The number of hydrogen-bond acceptors (Lipinski definition) is 5. The summed E-state index contributed by atoms with van der Waals surface area (Å²) in [5, 5.41) is 2.87. The van der Waals surface area contributed by atoms with Crippen molar-refractivity contribution in [3.63, 3.8) is 0 Å². The average molecular weight is 446 g/mol. The second kappa shape index (κ2) is 8.92. The molecule has 1 aliphatic carbocycles. The molecule has 2 fully saturated rings. The number of nitrogens with one attached hydrogen (secondary N) is 1. The van der Waals surface area contributed by atoms with Gasteiger partial charge in [0, 0.05) is 32.4 Å². The zero-order valence-electron chi connectivity index (χ0n) is 18.6. The van der Waals surface area contributed by atoms with Gasteiger partial charge in [-0.25, -0.2) is 13.8 Å². The van der Waals surface area contributed by atoms with Crippen LogP contribution in [0.15, 0.2) is 36.5 Å². The van der Waals surface area contributed by atoms with Crippen LogP contribution in [0.1, 0.15) is 43.9 Å². The first kappa shape index (κ1) is 22.3. The number of carbonyl (C=O) groups excluding carboxylic acids is 1. The maximum atomic E-state index is 13.0.